The van der Waals surface area contributed by atoms with E-state index in [2.05, 4.69) is 26.0 Å². The zero-order valence-electron chi connectivity index (χ0n) is 9.61. The molecule has 18 heavy (non-hydrogen) atoms. The standard InChI is InChI=1S/C12H12BrF2N3/c13-10-6-16-7-11-9(10)5-17-18(11)8-1-3-12(14,15)4-2-8/h5-8H,1-4H2. The van der Waals surface area contributed by atoms with Crippen molar-refractivity contribution in [3.8, 4) is 0 Å². The van der Waals surface area contributed by atoms with Gasteiger partial charge in [-0.2, -0.15) is 5.10 Å². The Labute approximate surface area is 111 Å². The number of nitrogens with zero attached hydrogens (tertiary/aromatic N) is 3. The number of halogens is 3. The fraction of sp³-hybridized carbons (Fsp3) is 0.500. The Kier molecular flexibility index (Phi) is 2.84. The molecule has 2 aromatic rings. The molecule has 2 heterocycles. The van der Waals surface area contributed by atoms with E-state index in [1.54, 1.807) is 18.6 Å². The van der Waals surface area contributed by atoms with E-state index < -0.39 is 5.92 Å². The van der Waals surface area contributed by atoms with E-state index in [4.69, 9.17) is 0 Å². The summed E-state index contributed by atoms with van der Waals surface area (Å²) in [4.78, 5) is 4.11. The predicted molar refractivity (Wildman–Crippen MR) is 67.7 cm³/mol. The first-order valence-electron chi connectivity index (χ1n) is 5.91. The highest BCUT2D eigenvalue weighted by atomic mass is 79.9. The maximum Gasteiger partial charge on any atom is 0.248 e. The Morgan fingerprint density at radius 3 is 2.67 bits per heavy atom. The smallest absolute Gasteiger partial charge is 0.248 e. The van der Waals surface area contributed by atoms with Gasteiger partial charge in [-0.3, -0.25) is 9.67 Å². The summed E-state index contributed by atoms with van der Waals surface area (Å²) in [6, 6.07) is 0.0539. The molecule has 0 amide bonds. The summed E-state index contributed by atoms with van der Waals surface area (Å²) in [5.41, 5.74) is 0.902. The minimum absolute atomic E-state index is 0.0539. The maximum absolute atomic E-state index is 13.1. The number of rotatable bonds is 1. The number of pyridine rings is 1. The molecule has 1 aliphatic carbocycles. The summed E-state index contributed by atoms with van der Waals surface area (Å²) in [5, 5.41) is 5.30. The second-order valence-corrected chi connectivity index (χ2v) is 5.58. The molecule has 0 saturated heterocycles. The van der Waals surface area contributed by atoms with Crippen molar-refractivity contribution >= 4 is 26.8 Å². The maximum atomic E-state index is 13.1. The Morgan fingerprint density at radius 1 is 1.22 bits per heavy atom. The van der Waals surface area contributed by atoms with Gasteiger partial charge in [-0.05, 0) is 28.8 Å². The molecule has 0 aromatic carbocycles. The van der Waals surface area contributed by atoms with E-state index in [1.807, 2.05) is 4.68 Å². The molecule has 1 aliphatic rings. The molecule has 0 spiro atoms. The van der Waals surface area contributed by atoms with Crippen molar-refractivity contribution in [1.29, 1.82) is 0 Å². The second kappa shape index (κ2) is 4.26. The van der Waals surface area contributed by atoms with Gasteiger partial charge in [-0.1, -0.05) is 0 Å². The van der Waals surface area contributed by atoms with Gasteiger partial charge in [-0.25, -0.2) is 8.78 Å². The lowest BCUT2D eigenvalue weighted by atomic mass is 9.92. The van der Waals surface area contributed by atoms with Crippen LogP contribution in [0.3, 0.4) is 0 Å². The van der Waals surface area contributed by atoms with Gasteiger partial charge >= 0.3 is 0 Å². The van der Waals surface area contributed by atoms with Gasteiger partial charge in [0.15, 0.2) is 0 Å². The van der Waals surface area contributed by atoms with Gasteiger partial charge in [0.1, 0.15) is 0 Å². The summed E-state index contributed by atoms with van der Waals surface area (Å²) in [6.07, 6.45) is 6.03. The van der Waals surface area contributed by atoms with Crippen LogP contribution in [0.25, 0.3) is 10.9 Å². The van der Waals surface area contributed by atoms with Crippen LogP contribution < -0.4 is 0 Å². The molecule has 0 atom stereocenters. The van der Waals surface area contributed by atoms with E-state index in [-0.39, 0.29) is 18.9 Å². The normalized spacial score (nSPS) is 20.4. The molecule has 0 radical (unpaired) electrons. The van der Waals surface area contributed by atoms with Crippen LogP contribution in [-0.4, -0.2) is 20.7 Å². The van der Waals surface area contributed by atoms with Gasteiger partial charge in [-0.15, -0.1) is 0 Å². The molecule has 3 nitrogen and oxygen atoms in total. The van der Waals surface area contributed by atoms with Crippen LogP contribution >= 0.6 is 15.9 Å². The van der Waals surface area contributed by atoms with Crippen molar-refractivity contribution in [2.45, 2.75) is 37.6 Å². The third kappa shape index (κ3) is 2.02. The molecule has 2 aromatic heterocycles. The minimum atomic E-state index is -2.50. The monoisotopic (exact) mass is 315 g/mol. The molecular formula is C12H12BrF2N3. The van der Waals surface area contributed by atoms with Gasteiger partial charge in [0, 0.05) is 28.9 Å². The van der Waals surface area contributed by atoms with E-state index >= 15 is 0 Å². The lowest BCUT2D eigenvalue weighted by Crippen LogP contribution is -2.26. The molecule has 1 fully saturated rings. The second-order valence-electron chi connectivity index (χ2n) is 4.73. The highest BCUT2D eigenvalue weighted by molar-refractivity contribution is 9.10. The Bertz CT molecular complexity index is 572. The average Bonchev–Trinajstić information content (AvgIpc) is 2.74. The van der Waals surface area contributed by atoms with E-state index in [0.29, 0.717) is 12.8 Å². The quantitative estimate of drug-likeness (QED) is 0.798. The third-order valence-electron chi connectivity index (χ3n) is 3.51. The van der Waals surface area contributed by atoms with Crippen LogP contribution in [0, 0.1) is 0 Å². The minimum Gasteiger partial charge on any atom is -0.261 e. The van der Waals surface area contributed by atoms with Gasteiger partial charge in [0.05, 0.1) is 24.0 Å². The highest BCUT2D eigenvalue weighted by Gasteiger charge is 2.36. The number of fused-ring (bicyclic) bond motifs is 1. The van der Waals surface area contributed by atoms with E-state index in [1.165, 1.54) is 0 Å². The van der Waals surface area contributed by atoms with Crippen molar-refractivity contribution in [3.05, 3.63) is 23.1 Å². The Balaban J connectivity index is 1.94. The van der Waals surface area contributed by atoms with Crippen LogP contribution in [0.5, 0.6) is 0 Å². The van der Waals surface area contributed by atoms with E-state index in [9.17, 15) is 8.78 Å². The van der Waals surface area contributed by atoms with Crippen molar-refractivity contribution in [3.63, 3.8) is 0 Å². The summed E-state index contributed by atoms with van der Waals surface area (Å²) in [5.74, 6) is -2.50. The van der Waals surface area contributed by atoms with Crippen LogP contribution in [0.15, 0.2) is 23.1 Å². The van der Waals surface area contributed by atoms with Crippen molar-refractivity contribution in [1.82, 2.24) is 14.8 Å². The van der Waals surface area contributed by atoms with Crippen molar-refractivity contribution < 1.29 is 8.78 Å². The van der Waals surface area contributed by atoms with Crippen molar-refractivity contribution in [2.24, 2.45) is 0 Å². The highest BCUT2D eigenvalue weighted by Crippen LogP contribution is 2.39. The average molecular weight is 316 g/mol. The van der Waals surface area contributed by atoms with Gasteiger partial charge in [0.25, 0.3) is 0 Å². The molecular weight excluding hydrogens is 304 g/mol. The fourth-order valence-corrected chi connectivity index (χ4v) is 2.91. The van der Waals surface area contributed by atoms with Crippen LogP contribution in [0.1, 0.15) is 31.7 Å². The predicted octanol–water partition coefficient (Wildman–Crippen LogP) is 3.94. The van der Waals surface area contributed by atoms with Crippen LogP contribution in [-0.2, 0) is 0 Å². The lowest BCUT2D eigenvalue weighted by Gasteiger charge is -2.28. The number of hydrogen-bond acceptors (Lipinski definition) is 2. The first-order chi connectivity index (χ1) is 8.57. The Hall–Kier alpha value is -1.04. The first kappa shape index (κ1) is 12.0. The van der Waals surface area contributed by atoms with Gasteiger partial charge < -0.3 is 0 Å². The molecule has 0 N–H and O–H groups in total. The molecule has 1 saturated carbocycles. The topological polar surface area (TPSA) is 30.7 Å². The Morgan fingerprint density at radius 2 is 1.94 bits per heavy atom. The molecule has 6 heteroatoms. The zero-order chi connectivity index (χ0) is 12.8. The zero-order valence-corrected chi connectivity index (χ0v) is 11.2. The summed E-state index contributed by atoms with van der Waals surface area (Å²) >= 11 is 3.42. The van der Waals surface area contributed by atoms with E-state index in [0.717, 1.165) is 15.4 Å². The fourth-order valence-electron chi connectivity index (χ4n) is 2.49. The SMILES string of the molecule is FC1(F)CCC(n2ncc3c(Br)cncc32)CC1. The van der Waals surface area contributed by atoms with Crippen LogP contribution in [0.2, 0.25) is 0 Å². The molecule has 0 bridgehead atoms. The van der Waals surface area contributed by atoms with Crippen LogP contribution in [0.4, 0.5) is 8.78 Å². The largest absolute Gasteiger partial charge is 0.261 e. The van der Waals surface area contributed by atoms with Gasteiger partial charge in [0.2, 0.25) is 5.92 Å². The molecule has 0 aliphatic heterocycles. The van der Waals surface area contributed by atoms with Crippen molar-refractivity contribution in [2.75, 3.05) is 0 Å². The number of aromatic nitrogens is 3. The molecule has 96 valence electrons. The first-order valence-corrected chi connectivity index (χ1v) is 6.71. The number of hydrogen-bond donors (Lipinski definition) is 0. The summed E-state index contributed by atoms with van der Waals surface area (Å²) in [6.45, 7) is 0. The summed E-state index contributed by atoms with van der Waals surface area (Å²) in [7, 11) is 0. The molecule has 0 unspecified atom stereocenters. The third-order valence-corrected chi connectivity index (χ3v) is 4.14. The molecule has 3 rings (SSSR count). The summed E-state index contributed by atoms with van der Waals surface area (Å²) < 4.78 is 29.0. The lowest BCUT2D eigenvalue weighted by molar-refractivity contribution is -0.0446. The number of alkyl halides is 2.